The van der Waals surface area contributed by atoms with E-state index in [2.05, 4.69) is 75.6 Å². The maximum atomic E-state index is 9.67. The van der Waals surface area contributed by atoms with E-state index in [4.69, 9.17) is 0 Å². The molecule has 0 N–H and O–H groups in total. The minimum absolute atomic E-state index is 0. The number of rotatable bonds is 4. The van der Waals surface area contributed by atoms with E-state index in [0.29, 0.717) is 0 Å². The zero-order valence-electron chi connectivity index (χ0n) is 18.2. The summed E-state index contributed by atoms with van der Waals surface area (Å²) in [6, 6.07) is 0. The number of nitrogens with zero attached hydrogens (tertiary/aromatic N) is 4. The summed E-state index contributed by atoms with van der Waals surface area (Å²) in [6.07, 6.45) is 0. The van der Waals surface area contributed by atoms with Gasteiger partial charge < -0.3 is 19.2 Å². The largest absolute Gasteiger partial charge is 1.00 e. The number of hydrogen-bond acceptors (Lipinski definition) is 4. The molecule has 0 bridgehead atoms. The Kier molecular flexibility index (Phi) is 36.7. The average molecular weight is 465 g/mol. The van der Waals surface area contributed by atoms with Crippen LogP contribution in [-0.2, 0) is 0 Å². The van der Waals surface area contributed by atoms with Crippen molar-refractivity contribution >= 4 is 36.9 Å². The quantitative estimate of drug-likeness (QED) is 0.435. The van der Waals surface area contributed by atoms with Gasteiger partial charge in [-0.2, -0.15) is 0 Å². The topological polar surface area (TPSA) is 13.0 Å². The molecule has 0 aliphatic carbocycles. The molecule has 0 fully saturated rings. The molecular weight excluding hydrogens is 441 g/mol. The molecule has 0 aromatic rings. The van der Waals surface area contributed by atoms with Crippen LogP contribution in [-0.4, -0.2) is 112 Å². The maximum absolute atomic E-state index is 9.67. The molecule has 0 saturated carbocycles. The summed E-state index contributed by atoms with van der Waals surface area (Å²) < 4.78 is 116. The third-order valence-electron chi connectivity index (χ3n) is 2.77. The fourth-order valence-electron chi connectivity index (χ4n) is 2.77. The molecule has 0 aromatic heterocycles. The molecule has 0 saturated heterocycles. The van der Waals surface area contributed by atoms with Gasteiger partial charge in [0.1, 0.15) is 0 Å². The molecule has 0 heterocycles. The molecule has 30 heavy (non-hydrogen) atoms. The fraction of sp³-hybridized carbons (Fsp3) is 1.00. The van der Waals surface area contributed by atoms with Gasteiger partial charge in [0.2, 0.25) is 0 Å². The third-order valence-corrected chi connectivity index (χ3v) is 2.77. The molecule has 0 atom stereocenters. The van der Waals surface area contributed by atoms with Gasteiger partial charge in [-0.3, -0.25) is 51.8 Å². The normalized spacial score (nSPS) is 9.60. The summed E-state index contributed by atoms with van der Waals surface area (Å²) >= 11 is 0. The molecule has 0 rings (SSSR count). The molecule has 0 unspecified atom stereocenters. The van der Waals surface area contributed by atoms with Crippen LogP contribution in [0.1, 0.15) is 0 Å². The fourth-order valence-corrected chi connectivity index (χ4v) is 2.77. The second-order valence-electron chi connectivity index (χ2n) is 5.54. The van der Waals surface area contributed by atoms with Crippen molar-refractivity contribution in [1.29, 1.82) is 0 Å². The minimum atomic E-state index is -3.67. The summed E-state index contributed by atoms with van der Waals surface area (Å²) in [6.45, 7) is -0.889. The van der Waals surface area contributed by atoms with Crippen molar-refractivity contribution < 1.29 is 70.6 Å². The first-order valence-corrected chi connectivity index (χ1v) is 7.23. The van der Waals surface area contributed by atoms with Crippen LogP contribution in [0.15, 0.2) is 0 Å². The summed E-state index contributed by atoms with van der Waals surface area (Å²) in [4.78, 5) is 9.00. The van der Waals surface area contributed by atoms with Gasteiger partial charge in [-0.15, -0.1) is 0 Å². The van der Waals surface area contributed by atoms with Crippen LogP contribution in [0.5, 0.6) is 0 Å². The van der Waals surface area contributed by atoms with Crippen molar-refractivity contribution in [2.45, 2.75) is 0 Å². The molecule has 176 valence electrons. The zero-order valence-corrected chi connectivity index (χ0v) is 18.2. The van der Waals surface area contributed by atoms with Crippen molar-refractivity contribution in [2.24, 2.45) is 0 Å². The molecular formula is C8H24B5F12LiN4. The standard InChI is InChI=1S/C8H24BN4.4BF3.Li/c1-10(2)9(11(3)4,12(5)6)13(7)8;4*2-1(3)4;/h1-8H3;;;;;/q-1;;;;;+1. The number of hydrogen-bond donors (Lipinski definition) is 0. The van der Waals surface area contributed by atoms with Crippen LogP contribution < -0.4 is 18.9 Å². The molecule has 0 spiro atoms. The summed E-state index contributed by atoms with van der Waals surface area (Å²) in [7, 11) is 2.22. The third kappa shape index (κ3) is 35.4. The van der Waals surface area contributed by atoms with E-state index in [9.17, 15) is 51.8 Å². The Hall–Kier alpha value is -0.0779. The van der Waals surface area contributed by atoms with Crippen LogP contribution in [0.2, 0.25) is 0 Å². The molecule has 0 radical (unpaired) electrons. The van der Waals surface area contributed by atoms with E-state index in [-0.39, 0.29) is 18.9 Å². The van der Waals surface area contributed by atoms with Crippen LogP contribution in [0.4, 0.5) is 51.8 Å². The minimum Gasteiger partial charge on any atom is -0.439 e. The predicted octanol–water partition coefficient (Wildman–Crippen LogP) is 0.192. The second kappa shape index (κ2) is 25.2. The average Bonchev–Trinajstić information content (AvgIpc) is 2.33. The van der Waals surface area contributed by atoms with Crippen molar-refractivity contribution in [3.8, 4) is 0 Å². The van der Waals surface area contributed by atoms with Crippen LogP contribution in [0, 0.1) is 0 Å². The smallest absolute Gasteiger partial charge is 0.439 e. The van der Waals surface area contributed by atoms with Gasteiger partial charge >= 0.3 is 49.0 Å². The van der Waals surface area contributed by atoms with E-state index in [1.807, 2.05) is 0 Å². The van der Waals surface area contributed by atoms with Gasteiger partial charge in [-0.25, -0.2) is 0 Å². The second-order valence-corrected chi connectivity index (χ2v) is 5.54. The van der Waals surface area contributed by atoms with Crippen LogP contribution in [0.3, 0.4) is 0 Å². The van der Waals surface area contributed by atoms with Gasteiger partial charge in [0, 0.05) is 0 Å². The van der Waals surface area contributed by atoms with Crippen LogP contribution in [0.25, 0.3) is 0 Å². The number of halogens is 12. The molecule has 0 aliphatic rings. The first-order valence-electron chi connectivity index (χ1n) is 7.23. The maximum Gasteiger partial charge on any atom is 1.00 e. The van der Waals surface area contributed by atoms with Crippen molar-refractivity contribution in [3.05, 3.63) is 0 Å². The van der Waals surface area contributed by atoms with E-state index in [1.54, 1.807) is 0 Å². The molecule has 4 nitrogen and oxygen atoms in total. The summed E-state index contributed by atoms with van der Waals surface area (Å²) in [5.74, 6) is 0. The van der Waals surface area contributed by atoms with Gasteiger partial charge in [0.25, 0.3) is 6.69 Å². The van der Waals surface area contributed by atoms with E-state index in [0.717, 1.165) is 0 Å². The van der Waals surface area contributed by atoms with E-state index in [1.165, 1.54) is 0 Å². The Morgan fingerprint density at radius 1 is 0.367 bits per heavy atom. The first kappa shape index (κ1) is 43.7. The zero-order chi connectivity index (χ0) is 25.1. The Bertz CT molecular complexity index is 264. The van der Waals surface area contributed by atoms with Gasteiger partial charge in [0.05, 0.1) is 0 Å². The van der Waals surface area contributed by atoms with E-state index >= 15 is 0 Å². The van der Waals surface area contributed by atoms with Crippen LogP contribution >= 0.6 is 0 Å². The summed E-state index contributed by atoms with van der Waals surface area (Å²) in [5.41, 5.74) is 0. The van der Waals surface area contributed by atoms with Gasteiger partial charge in [-0.05, 0) is 56.4 Å². The Labute approximate surface area is 183 Å². The molecule has 22 heteroatoms. The molecule has 0 aliphatic heterocycles. The van der Waals surface area contributed by atoms with Gasteiger partial charge in [-0.1, -0.05) is 0 Å². The van der Waals surface area contributed by atoms with Crippen molar-refractivity contribution in [3.63, 3.8) is 0 Å². The van der Waals surface area contributed by atoms with E-state index < -0.39 is 36.9 Å². The predicted molar refractivity (Wildman–Crippen MR) is 96.8 cm³/mol. The monoisotopic (exact) mass is 466 g/mol. The Morgan fingerprint density at radius 2 is 0.433 bits per heavy atom. The molecule has 0 aromatic carbocycles. The van der Waals surface area contributed by atoms with Crippen molar-refractivity contribution in [1.82, 2.24) is 19.2 Å². The molecule has 0 amide bonds. The summed E-state index contributed by atoms with van der Waals surface area (Å²) in [5, 5.41) is 0. The van der Waals surface area contributed by atoms with Gasteiger partial charge in [0.15, 0.2) is 0 Å². The Morgan fingerprint density at radius 3 is 0.433 bits per heavy atom. The Balaban J connectivity index is -0.0000000700. The first-order chi connectivity index (χ1) is 12.7. The van der Waals surface area contributed by atoms with Crippen molar-refractivity contribution in [2.75, 3.05) is 56.4 Å². The SMILES string of the molecule is CN(C)[B-](N(C)C)(N(C)C)N(C)C.FB(F)F.FB(F)F.FB(F)F.FB(F)F.[Li+].